The zero-order valence-electron chi connectivity index (χ0n) is 14.0. The molecule has 1 aliphatic heterocycles. The van der Waals surface area contributed by atoms with Gasteiger partial charge in [-0.3, -0.25) is 19.7 Å². The summed E-state index contributed by atoms with van der Waals surface area (Å²) in [5.74, 6) is -2.06. The Morgan fingerprint density at radius 2 is 2.00 bits per heavy atom. The van der Waals surface area contributed by atoms with E-state index in [1.165, 1.54) is 12.1 Å². The molecule has 2 aromatic carbocycles. The molecule has 0 aromatic heterocycles. The summed E-state index contributed by atoms with van der Waals surface area (Å²) in [7, 11) is 0. The Kier molecular flexibility index (Phi) is 4.91. The predicted octanol–water partition coefficient (Wildman–Crippen LogP) is 3.34. The van der Waals surface area contributed by atoms with Crippen LogP contribution in [0, 0.1) is 10.1 Å². The number of amides is 1. The Morgan fingerprint density at radius 1 is 1.26 bits per heavy atom. The van der Waals surface area contributed by atoms with Crippen molar-refractivity contribution in [3.63, 3.8) is 0 Å². The van der Waals surface area contributed by atoms with Crippen LogP contribution in [0.1, 0.15) is 39.1 Å². The number of nitrogens with one attached hydrogen (secondary N) is 1. The van der Waals surface area contributed by atoms with Gasteiger partial charge in [-0.1, -0.05) is 11.6 Å². The summed E-state index contributed by atoms with van der Waals surface area (Å²) in [4.78, 5) is 46.4. The third-order valence-corrected chi connectivity index (χ3v) is 4.44. The van der Waals surface area contributed by atoms with Crippen molar-refractivity contribution in [1.82, 2.24) is 0 Å². The number of nitro groups is 1. The molecule has 1 amide bonds. The van der Waals surface area contributed by atoms with E-state index in [0.717, 1.165) is 12.1 Å². The molecule has 0 radical (unpaired) electrons. The number of Topliss-reactive ketones (excluding diaryl/α,β-unsaturated/α-hetero) is 1. The van der Waals surface area contributed by atoms with Gasteiger partial charge in [0.05, 0.1) is 10.8 Å². The fourth-order valence-corrected chi connectivity index (χ4v) is 2.89. The minimum absolute atomic E-state index is 0.128. The molecule has 27 heavy (non-hydrogen) atoms. The van der Waals surface area contributed by atoms with E-state index in [1.54, 1.807) is 19.1 Å². The highest BCUT2D eigenvalue weighted by molar-refractivity contribution is 6.31. The van der Waals surface area contributed by atoms with Crippen LogP contribution in [0.25, 0.3) is 0 Å². The van der Waals surface area contributed by atoms with Crippen LogP contribution < -0.4 is 5.32 Å². The van der Waals surface area contributed by atoms with Gasteiger partial charge in [0.15, 0.2) is 12.4 Å². The average Bonchev–Trinajstić information content (AvgIpc) is 2.92. The number of carbonyl (C=O) groups is 3. The lowest BCUT2D eigenvalue weighted by atomic mass is 9.99. The molecule has 138 valence electrons. The number of ketones is 1. The molecule has 1 aliphatic rings. The number of nitrogens with zero attached hydrogens (tertiary/aromatic N) is 1. The Hall–Kier alpha value is -3.26. The maximum atomic E-state index is 12.3. The van der Waals surface area contributed by atoms with Gasteiger partial charge in [-0.25, -0.2) is 4.79 Å². The number of esters is 1. The third kappa shape index (κ3) is 3.65. The molecule has 0 bridgehead atoms. The zero-order valence-corrected chi connectivity index (χ0v) is 14.8. The number of fused-ring (bicyclic) bond motifs is 1. The van der Waals surface area contributed by atoms with E-state index in [9.17, 15) is 24.5 Å². The van der Waals surface area contributed by atoms with Gasteiger partial charge in [0.2, 0.25) is 5.91 Å². The highest BCUT2D eigenvalue weighted by Gasteiger charge is 2.28. The first-order valence-corrected chi connectivity index (χ1v) is 8.25. The summed E-state index contributed by atoms with van der Waals surface area (Å²) in [5.41, 5.74) is 0.786. The number of nitro benzene ring substituents is 1. The van der Waals surface area contributed by atoms with Gasteiger partial charge in [-0.2, -0.15) is 0 Å². The van der Waals surface area contributed by atoms with Crippen molar-refractivity contribution in [2.24, 2.45) is 0 Å². The van der Waals surface area contributed by atoms with Crippen molar-refractivity contribution < 1.29 is 24.0 Å². The largest absolute Gasteiger partial charge is 0.454 e. The van der Waals surface area contributed by atoms with E-state index in [1.807, 2.05) is 0 Å². The number of hydrogen-bond acceptors (Lipinski definition) is 6. The molecule has 0 spiro atoms. The number of hydrogen-bond donors (Lipinski definition) is 1. The fourth-order valence-electron chi connectivity index (χ4n) is 2.71. The van der Waals surface area contributed by atoms with E-state index >= 15 is 0 Å². The van der Waals surface area contributed by atoms with Crippen LogP contribution in [0.3, 0.4) is 0 Å². The lowest BCUT2D eigenvalue weighted by Crippen LogP contribution is -2.15. The molecular formula is C18H13ClN2O6. The first kappa shape index (κ1) is 18.5. The Bertz CT molecular complexity index is 988. The normalized spacial score (nSPS) is 15.0. The van der Waals surface area contributed by atoms with Gasteiger partial charge >= 0.3 is 5.97 Å². The number of rotatable bonds is 5. The van der Waals surface area contributed by atoms with Crippen LogP contribution in [0.5, 0.6) is 0 Å². The van der Waals surface area contributed by atoms with Crippen LogP contribution in [0.4, 0.5) is 11.4 Å². The minimum atomic E-state index is -1.02. The lowest BCUT2D eigenvalue weighted by Gasteiger charge is -2.07. The molecule has 1 heterocycles. The molecule has 1 atom stereocenters. The Morgan fingerprint density at radius 3 is 2.70 bits per heavy atom. The van der Waals surface area contributed by atoms with E-state index in [0.29, 0.717) is 11.3 Å². The lowest BCUT2D eigenvalue weighted by molar-refractivity contribution is -0.385. The number of carbonyl (C=O) groups excluding carboxylic acids is 3. The maximum absolute atomic E-state index is 12.3. The SMILES string of the molecule is C[C@@H]1C(=O)Nc2ccc(C(=O)COC(=O)c3cc(Cl)ccc3[N+](=O)[O-])cc21. The van der Waals surface area contributed by atoms with Crippen molar-refractivity contribution in [3.8, 4) is 0 Å². The predicted molar refractivity (Wildman–Crippen MR) is 96.2 cm³/mol. The molecule has 1 N–H and O–H groups in total. The Labute approximate surface area is 158 Å². The quantitative estimate of drug-likeness (QED) is 0.363. The molecular weight excluding hydrogens is 376 g/mol. The highest BCUT2D eigenvalue weighted by Crippen LogP contribution is 2.32. The molecule has 3 rings (SSSR count). The molecule has 0 saturated heterocycles. The number of ether oxygens (including phenoxy) is 1. The highest BCUT2D eigenvalue weighted by atomic mass is 35.5. The molecule has 0 fully saturated rings. The van der Waals surface area contributed by atoms with Crippen LogP contribution in [0.2, 0.25) is 5.02 Å². The van der Waals surface area contributed by atoms with Gasteiger partial charge in [0.25, 0.3) is 5.69 Å². The van der Waals surface area contributed by atoms with Crippen LogP contribution >= 0.6 is 11.6 Å². The summed E-state index contributed by atoms with van der Waals surface area (Å²) in [6.45, 7) is 1.12. The first-order chi connectivity index (χ1) is 12.8. The maximum Gasteiger partial charge on any atom is 0.345 e. The second-order valence-electron chi connectivity index (χ2n) is 5.93. The average molecular weight is 389 g/mol. The monoisotopic (exact) mass is 388 g/mol. The first-order valence-electron chi connectivity index (χ1n) is 7.87. The van der Waals surface area contributed by atoms with Crippen molar-refractivity contribution in [2.45, 2.75) is 12.8 Å². The van der Waals surface area contributed by atoms with Crippen molar-refractivity contribution in [3.05, 3.63) is 68.2 Å². The van der Waals surface area contributed by atoms with Gasteiger partial charge in [-0.05, 0) is 42.8 Å². The molecule has 0 aliphatic carbocycles. The molecule has 9 heteroatoms. The second-order valence-corrected chi connectivity index (χ2v) is 6.37. The van der Waals surface area contributed by atoms with Gasteiger partial charge < -0.3 is 10.1 Å². The number of halogens is 1. The zero-order chi connectivity index (χ0) is 19.7. The van der Waals surface area contributed by atoms with Gasteiger partial charge in [0, 0.05) is 22.3 Å². The Balaban J connectivity index is 1.74. The second kappa shape index (κ2) is 7.16. The van der Waals surface area contributed by atoms with Crippen molar-refractivity contribution in [1.29, 1.82) is 0 Å². The standard InChI is InChI=1S/C18H13ClN2O6/c1-9-12-6-10(2-4-14(12)20-17(9)23)16(22)8-27-18(24)13-7-11(19)3-5-15(13)21(25)26/h2-7,9H,8H2,1H3,(H,20,23)/t9-/m0/s1. The molecule has 2 aromatic rings. The third-order valence-electron chi connectivity index (χ3n) is 4.20. The van der Waals surface area contributed by atoms with Crippen LogP contribution in [-0.4, -0.2) is 29.2 Å². The van der Waals surface area contributed by atoms with E-state index in [2.05, 4.69) is 5.32 Å². The molecule has 0 unspecified atom stereocenters. The topological polar surface area (TPSA) is 116 Å². The molecule has 8 nitrogen and oxygen atoms in total. The van der Waals surface area contributed by atoms with E-state index in [-0.39, 0.29) is 28.0 Å². The summed E-state index contributed by atoms with van der Waals surface area (Å²) in [6, 6.07) is 8.16. The van der Waals surface area contributed by atoms with Crippen molar-refractivity contribution >= 4 is 40.6 Å². The van der Waals surface area contributed by atoms with Crippen LogP contribution in [0.15, 0.2) is 36.4 Å². The van der Waals surface area contributed by atoms with Crippen LogP contribution in [-0.2, 0) is 9.53 Å². The summed E-state index contributed by atoms with van der Waals surface area (Å²) in [5, 5.41) is 13.8. The van der Waals surface area contributed by atoms with Gasteiger partial charge in [-0.15, -0.1) is 0 Å². The van der Waals surface area contributed by atoms with E-state index in [4.69, 9.17) is 16.3 Å². The van der Waals surface area contributed by atoms with Gasteiger partial charge in [0.1, 0.15) is 5.56 Å². The summed E-state index contributed by atoms with van der Waals surface area (Å²) in [6.07, 6.45) is 0. The number of anilines is 1. The fraction of sp³-hybridized carbons (Fsp3) is 0.167. The minimum Gasteiger partial charge on any atom is -0.454 e. The van der Waals surface area contributed by atoms with E-state index < -0.39 is 29.0 Å². The van der Waals surface area contributed by atoms with Crippen molar-refractivity contribution in [2.75, 3.05) is 11.9 Å². The summed E-state index contributed by atoms with van der Waals surface area (Å²) < 4.78 is 4.92. The molecule has 0 saturated carbocycles. The summed E-state index contributed by atoms with van der Waals surface area (Å²) >= 11 is 5.77. The smallest absolute Gasteiger partial charge is 0.345 e. The number of benzene rings is 2.